The highest BCUT2D eigenvalue weighted by atomic mass is 35.5. The lowest BCUT2D eigenvalue weighted by molar-refractivity contribution is -0.236. The second kappa shape index (κ2) is 41.4. The highest BCUT2D eigenvalue weighted by Gasteiger charge is 2.32. The zero-order chi connectivity index (χ0) is 70.3. The number of carbonyl (C=O) groups is 4. The Morgan fingerprint density at radius 3 is 1.19 bits per heavy atom. The van der Waals surface area contributed by atoms with Crippen molar-refractivity contribution in [1.29, 1.82) is 0 Å². The first kappa shape index (κ1) is 82.9. The van der Waals surface area contributed by atoms with Crippen molar-refractivity contribution >= 4 is 41.9 Å². The number of oxime groups is 1. The van der Waals surface area contributed by atoms with E-state index in [1.807, 2.05) is 0 Å². The van der Waals surface area contributed by atoms with Crippen LogP contribution < -0.4 is 22.3 Å². The number of nitrogens with two attached hydrogens (primary N) is 2. The monoisotopic (exact) mass is 1370 g/mol. The van der Waals surface area contributed by atoms with Crippen molar-refractivity contribution in [2.45, 2.75) is 30.8 Å². The Kier molecular flexibility index (Phi) is 36.5. The number of rotatable bonds is 13. The number of cyclic esters (lactones) is 2. The maximum atomic E-state index is 13.0. The molecule has 94 heavy (non-hydrogen) atoms. The molecule has 2 unspecified atom stereocenters. The van der Waals surface area contributed by atoms with E-state index in [1.54, 1.807) is 0 Å². The van der Waals surface area contributed by atoms with Crippen LogP contribution in [0.5, 0.6) is 0 Å². The van der Waals surface area contributed by atoms with Crippen LogP contribution in [0.15, 0.2) is 133 Å². The molecule has 0 bridgehead atoms. The number of hydrogen-bond acceptors (Lipinski definition) is 17. The van der Waals surface area contributed by atoms with Gasteiger partial charge in [-0.05, 0) is 127 Å². The quantitative estimate of drug-likeness (QED) is 0.0128. The normalized spacial score (nSPS) is 13.7. The predicted octanol–water partition coefficient (Wildman–Crippen LogP) is 10.0. The van der Waals surface area contributed by atoms with Crippen molar-refractivity contribution in [1.82, 2.24) is 10.6 Å². The molecule has 2 fully saturated rings. The van der Waals surface area contributed by atoms with Crippen LogP contribution in [-0.2, 0) is 24.7 Å². The van der Waals surface area contributed by atoms with Gasteiger partial charge in [0.1, 0.15) is 32.1 Å². The number of nitrogens with zero attached hydrogens (tertiary/aromatic N) is 1. The molecule has 34 heteroatoms. The van der Waals surface area contributed by atoms with Gasteiger partial charge >= 0.3 is 12.2 Å². The van der Waals surface area contributed by atoms with Gasteiger partial charge in [0.05, 0.1) is 31.3 Å². The largest absolute Gasteiger partial charge is 0.447 e. The van der Waals surface area contributed by atoms with Gasteiger partial charge < -0.3 is 66.2 Å². The molecular weight excluding hydrogens is 1320 g/mol. The summed E-state index contributed by atoms with van der Waals surface area (Å²) in [5, 5.41) is 57.3. The fraction of sp³-hybridized carbons (Fsp3) is 0.217. The minimum atomic E-state index is -1.45. The fourth-order valence-electron chi connectivity index (χ4n) is 7.04. The van der Waals surface area contributed by atoms with Gasteiger partial charge in [0.15, 0.2) is 93.0 Å². The van der Waals surface area contributed by atoms with Gasteiger partial charge in [-0.25, -0.2) is 77.0 Å². The molecule has 2 aliphatic rings. The molecule has 512 valence electrons. The molecule has 2 amide bonds. The third kappa shape index (κ3) is 25.7. The number of ether oxygens (including phenoxy) is 4. The standard InChI is InChI=1S/C10H12F2O3.2C9H7F2NO2.C8H7F2NO2.C8H9F2NO.C8H6F2O2.C8H6F2O.ClH.H3NO/c1-14-10(6-13,15-2)7-3-4-8(11)9(12)5-7;2*10-6-2-1-5(3-7(6)11)8-4-14-9(13)12-8;9-6-2-1-5(3-7(6)10)8(4-12)11-13;9-6-2-1-5(3-7(6)10)8(11)4-12;9-6-2-1-5(3-7(6)10)8(12)4-11;1-5(11)6-2-3-7(9)8(10)4-6;;1-2/h3-5,13H,6H2,1-2H3;2*1-3,8H,4H2,(H,12,13);1-3,12-13H,4H2;1-3,8,12H,4,11H2;1-3,11H,4H2;2-4H,1H3;1H;2H,1H2/t;8-;;;;;;;/m.1......./s1. The second-order valence-electron chi connectivity index (χ2n) is 18.1. The third-order valence-electron chi connectivity index (χ3n) is 12.1. The minimum Gasteiger partial charge on any atom is -0.447 e. The summed E-state index contributed by atoms with van der Waals surface area (Å²) in [4.78, 5) is 42.7. The molecule has 2 heterocycles. The molecule has 2 saturated heterocycles. The molecule has 0 aliphatic carbocycles. The van der Waals surface area contributed by atoms with Gasteiger partial charge in [-0.3, -0.25) is 9.59 Å². The summed E-state index contributed by atoms with van der Waals surface area (Å²) in [6.45, 7) is -0.441. The summed E-state index contributed by atoms with van der Waals surface area (Å²) in [5.74, 6) is -12.4. The number of halogens is 15. The molecule has 2 aliphatic heterocycles. The molecule has 7 aromatic carbocycles. The smallest absolute Gasteiger partial charge is 0.407 e. The van der Waals surface area contributed by atoms with E-state index in [-0.39, 0.29) is 66.0 Å². The van der Waals surface area contributed by atoms with Gasteiger partial charge in [0.25, 0.3) is 0 Å². The molecule has 0 spiro atoms. The van der Waals surface area contributed by atoms with Crippen molar-refractivity contribution in [2.24, 2.45) is 16.8 Å². The molecule has 0 saturated carbocycles. The summed E-state index contributed by atoms with van der Waals surface area (Å²) >= 11 is 0. The van der Waals surface area contributed by atoms with Crippen molar-refractivity contribution in [3.05, 3.63) is 248 Å². The lowest BCUT2D eigenvalue weighted by atomic mass is 10.1. The van der Waals surface area contributed by atoms with Crippen molar-refractivity contribution in [3.8, 4) is 0 Å². The maximum absolute atomic E-state index is 13.0. The van der Waals surface area contributed by atoms with E-state index in [0.29, 0.717) is 16.7 Å². The van der Waals surface area contributed by atoms with E-state index in [4.69, 9.17) is 46.0 Å². The van der Waals surface area contributed by atoms with E-state index < -0.39 is 143 Å². The second-order valence-corrected chi connectivity index (χ2v) is 18.1. The highest BCUT2D eigenvalue weighted by molar-refractivity contribution is 6.01. The predicted molar refractivity (Wildman–Crippen MR) is 306 cm³/mol. The van der Waals surface area contributed by atoms with Crippen LogP contribution in [-0.4, -0.2) is 114 Å². The molecule has 19 nitrogen and oxygen atoms in total. The van der Waals surface area contributed by atoms with Gasteiger partial charge in [0.2, 0.25) is 5.79 Å². The first-order valence-corrected chi connectivity index (χ1v) is 25.8. The first-order valence-electron chi connectivity index (χ1n) is 25.8. The Morgan fingerprint density at radius 2 is 0.872 bits per heavy atom. The average Bonchev–Trinajstić information content (AvgIpc) is 0.981. The lowest BCUT2D eigenvalue weighted by Gasteiger charge is -2.29. The molecule has 7 aromatic rings. The van der Waals surface area contributed by atoms with Crippen LogP contribution in [0, 0.1) is 81.4 Å². The number of Topliss-reactive ketones (excluding diaryl/α,β-unsaturated/α-hetero) is 2. The first-order chi connectivity index (χ1) is 44.0. The van der Waals surface area contributed by atoms with Crippen molar-refractivity contribution in [2.75, 3.05) is 53.9 Å². The van der Waals surface area contributed by atoms with Crippen molar-refractivity contribution < 1.29 is 130 Å². The maximum Gasteiger partial charge on any atom is 0.407 e. The van der Waals surface area contributed by atoms with Crippen LogP contribution in [0.2, 0.25) is 0 Å². The average molecular weight is 1370 g/mol. The molecule has 0 radical (unpaired) electrons. The van der Waals surface area contributed by atoms with Gasteiger partial charge in [-0.15, -0.1) is 12.4 Å². The van der Waals surface area contributed by atoms with Crippen LogP contribution in [0.25, 0.3) is 0 Å². The number of nitrogens with one attached hydrogen (secondary N) is 2. The van der Waals surface area contributed by atoms with E-state index in [2.05, 4.69) is 31.2 Å². The van der Waals surface area contributed by atoms with Crippen LogP contribution in [0.4, 0.5) is 71.1 Å². The Bertz CT molecular complexity index is 3560. The van der Waals surface area contributed by atoms with Crippen LogP contribution in [0.1, 0.15) is 73.6 Å². The van der Waals surface area contributed by atoms with E-state index in [0.717, 1.165) is 91.0 Å². The Labute approximate surface area is 530 Å². The topological polar surface area (TPSA) is 315 Å². The van der Waals surface area contributed by atoms with E-state index >= 15 is 0 Å². The Morgan fingerprint density at radius 1 is 0.521 bits per heavy atom. The van der Waals surface area contributed by atoms with Crippen LogP contribution in [0.3, 0.4) is 0 Å². The number of hydrogen-bond donors (Lipinski definition) is 10. The molecule has 0 aromatic heterocycles. The van der Waals surface area contributed by atoms with E-state index in [1.165, 1.54) is 57.5 Å². The summed E-state index contributed by atoms with van der Waals surface area (Å²) in [7, 11) is 2.61. The zero-order valence-corrected chi connectivity index (χ0v) is 49.7. The highest BCUT2D eigenvalue weighted by Crippen LogP contribution is 2.27. The van der Waals surface area contributed by atoms with Crippen LogP contribution >= 0.6 is 12.4 Å². The molecule has 3 atom stereocenters. The van der Waals surface area contributed by atoms with Gasteiger partial charge in [-0.2, -0.15) is 0 Å². The molecule has 9 rings (SSSR count). The summed E-state index contributed by atoms with van der Waals surface area (Å²) in [6, 6.07) is 20.8. The number of aliphatic hydroxyl groups is 4. The lowest BCUT2D eigenvalue weighted by Crippen LogP contribution is -2.35. The number of benzene rings is 7. The fourth-order valence-corrected chi connectivity index (χ4v) is 7.04. The zero-order valence-electron chi connectivity index (χ0n) is 48.8. The summed E-state index contributed by atoms with van der Waals surface area (Å²) in [6.07, 6.45) is -1.08. The van der Waals surface area contributed by atoms with Gasteiger partial charge in [0, 0.05) is 36.5 Å². The number of ketones is 2. The minimum absolute atomic E-state index is 0. The Balaban J connectivity index is 0.000000546. The molecule has 12 N–H and O–H groups in total. The number of methoxy groups -OCH3 is 2. The summed E-state index contributed by atoms with van der Waals surface area (Å²) in [5.41, 5.74) is 7.15. The summed E-state index contributed by atoms with van der Waals surface area (Å²) < 4.78 is 195. The number of amides is 2. The number of aliphatic hydroxyl groups excluding tert-OH is 4. The third-order valence-corrected chi connectivity index (χ3v) is 12.1. The van der Waals surface area contributed by atoms with Crippen molar-refractivity contribution in [3.63, 3.8) is 0 Å². The SMILES string of the molecule is CC(=O)c1ccc(F)c(F)c1.COC(CO)(OC)c1ccc(F)c(F)c1.Cl.NC(CO)c1ccc(F)c(F)c1.NO.O=C(CO)c1ccc(F)c(F)c1.O=C1NC(c2ccc(F)c(F)c2)CO1.O=C1N[C@@H](c2ccc(F)c(F)c2)CO1.OCC(=NO)c1ccc(F)c(F)c1. The van der Waals surface area contributed by atoms with Gasteiger partial charge in [-0.1, -0.05) is 29.4 Å². The molecular formula is C60H58ClF14N5O14. The number of alkyl carbamates (subject to hydrolysis) is 2. The van der Waals surface area contributed by atoms with E-state index in [9.17, 15) is 80.6 Å². The number of carbonyl (C=O) groups excluding carboxylic acids is 4. The Hall–Kier alpha value is -9.16.